The number of hydrogen-bond acceptors (Lipinski definition) is 3. The van der Waals surface area contributed by atoms with E-state index in [2.05, 4.69) is 5.32 Å². The minimum Gasteiger partial charge on any atom is -0.326 e. The smallest absolute Gasteiger partial charge is 0.264 e. The standard InChI is InChI=1S/C22H21ClN2O3S/c1-16-4-3-5-19(14-16)24-22(26)15-17-6-10-20(11-7-17)25(2)29(27,28)21-12-8-18(23)9-13-21/h3-14H,15H2,1-2H3,(H,24,26). The molecule has 3 aromatic carbocycles. The Morgan fingerprint density at radius 3 is 2.28 bits per heavy atom. The summed E-state index contributed by atoms with van der Waals surface area (Å²) in [5.74, 6) is -0.134. The van der Waals surface area contributed by atoms with Gasteiger partial charge in [-0.1, -0.05) is 35.9 Å². The zero-order valence-corrected chi connectivity index (χ0v) is 17.7. The highest BCUT2D eigenvalue weighted by Gasteiger charge is 2.21. The van der Waals surface area contributed by atoms with Crippen molar-refractivity contribution >= 4 is 38.9 Å². The molecular weight excluding hydrogens is 408 g/mol. The van der Waals surface area contributed by atoms with E-state index in [1.165, 1.54) is 35.6 Å². The molecule has 150 valence electrons. The first kappa shape index (κ1) is 20.9. The first-order valence-electron chi connectivity index (χ1n) is 8.96. The summed E-state index contributed by atoms with van der Waals surface area (Å²) in [4.78, 5) is 12.4. The number of carbonyl (C=O) groups is 1. The maximum Gasteiger partial charge on any atom is 0.264 e. The molecule has 0 aliphatic rings. The van der Waals surface area contributed by atoms with E-state index in [4.69, 9.17) is 11.6 Å². The van der Waals surface area contributed by atoms with Crippen molar-refractivity contribution in [3.05, 3.63) is 88.9 Å². The fraction of sp³-hybridized carbons (Fsp3) is 0.136. The molecule has 0 atom stereocenters. The van der Waals surface area contributed by atoms with Crippen molar-refractivity contribution in [2.45, 2.75) is 18.2 Å². The highest BCUT2D eigenvalue weighted by Crippen LogP contribution is 2.23. The zero-order chi connectivity index (χ0) is 21.0. The predicted molar refractivity (Wildman–Crippen MR) is 117 cm³/mol. The van der Waals surface area contributed by atoms with E-state index >= 15 is 0 Å². The van der Waals surface area contributed by atoms with Crippen LogP contribution in [-0.4, -0.2) is 21.4 Å². The molecule has 1 N–H and O–H groups in total. The van der Waals surface area contributed by atoms with Crippen molar-refractivity contribution in [1.82, 2.24) is 0 Å². The minimum atomic E-state index is -3.69. The molecule has 0 aliphatic heterocycles. The van der Waals surface area contributed by atoms with Crippen LogP contribution in [0.5, 0.6) is 0 Å². The fourth-order valence-corrected chi connectivity index (χ4v) is 4.16. The third-order valence-corrected chi connectivity index (χ3v) is 6.49. The second-order valence-electron chi connectivity index (χ2n) is 6.69. The summed E-state index contributed by atoms with van der Waals surface area (Å²) in [6.45, 7) is 1.96. The topological polar surface area (TPSA) is 66.5 Å². The number of rotatable bonds is 6. The van der Waals surface area contributed by atoms with Crippen molar-refractivity contribution in [2.24, 2.45) is 0 Å². The summed E-state index contributed by atoms with van der Waals surface area (Å²) < 4.78 is 26.7. The number of halogens is 1. The molecule has 7 heteroatoms. The van der Waals surface area contributed by atoms with Gasteiger partial charge in [0.15, 0.2) is 0 Å². The molecule has 0 saturated carbocycles. The molecule has 0 radical (unpaired) electrons. The number of anilines is 2. The quantitative estimate of drug-likeness (QED) is 0.621. The van der Waals surface area contributed by atoms with Gasteiger partial charge in [0.25, 0.3) is 10.0 Å². The third kappa shape index (κ3) is 5.16. The van der Waals surface area contributed by atoms with Gasteiger partial charge < -0.3 is 5.32 Å². The van der Waals surface area contributed by atoms with Gasteiger partial charge in [-0.05, 0) is 66.6 Å². The van der Waals surface area contributed by atoms with Gasteiger partial charge in [0.2, 0.25) is 5.91 Å². The molecule has 3 aromatic rings. The molecule has 0 bridgehead atoms. The minimum absolute atomic E-state index is 0.134. The van der Waals surface area contributed by atoms with Crippen LogP contribution in [-0.2, 0) is 21.2 Å². The van der Waals surface area contributed by atoms with Crippen LogP contribution in [0, 0.1) is 6.92 Å². The summed E-state index contributed by atoms with van der Waals surface area (Å²) in [6.07, 6.45) is 0.196. The Morgan fingerprint density at radius 1 is 1.00 bits per heavy atom. The van der Waals surface area contributed by atoms with Gasteiger partial charge >= 0.3 is 0 Å². The number of nitrogens with zero attached hydrogens (tertiary/aromatic N) is 1. The van der Waals surface area contributed by atoms with Crippen LogP contribution >= 0.6 is 11.6 Å². The van der Waals surface area contributed by atoms with Crippen molar-refractivity contribution in [3.63, 3.8) is 0 Å². The number of amides is 1. The number of hydrogen-bond donors (Lipinski definition) is 1. The lowest BCUT2D eigenvalue weighted by Gasteiger charge is -2.20. The van der Waals surface area contributed by atoms with E-state index in [0.29, 0.717) is 10.7 Å². The maximum atomic E-state index is 12.8. The Hall–Kier alpha value is -2.83. The highest BCUT2D eigenvalue weighted by atomic mass is 35.5. The van der Waals surface area contributed by atoms with Crippen molar-refractivity contribution in [1.29, 1.82) is 0 Å². The number of nitrogens with one attached hydrogen (secondary N) is 1. The zero-order valence-electron chi connectivity index (χ0n) is 16.1. The molecule has 0 heterocycles. The summed E-state index contributed by atoms with van der Waals surface area (Å²) in [6, 6.07) is 20.5. The largest absolute Gasteiger partial charge is 0.326 e. The Kier molecular flexibility index (Phi) is 6.25. The number of carbonyl (C=O) groups excluding carboxylic acids is 1. The van der Waals surface area contributed by atoms with Gasteiger partial charge in [-0.2, -0.15) is 0 Å². The van der Waals surface area contributed by atoms with Gasteiger partial charge in [0, 0.05) is 17.8 Å². The van der Waals surface area contributed by atoms with Crippen LogP contribution in [0.4, 0.5) is 11.4 Å². The summed E-state index contributed by atoms with van der Waals surface area (Å²) in [7, 11) is -2.20. The molecule has 0 aromatic heterocycles. The van der Waals surface area contributed by atoms with Crippen molar-refractivity contribution in [2.75, 3.05) is 16.7 Å². The molecule has 0 spiro atoms. The third-order valence-electron chi connectivity index (χ3n) is 4.44. The lowest BCUT2D eigenvalue weighted by atomic mass is 10.1. The molecule has 5 nitrogen and oxygen atoms in total. The Bertz CT molecular complexity index is 1110. The average Bonchev–Trinajstić information content (AvgIpc) is 2.68. The second kappa shape index (κ2) is 8.68. The van der Waals surface area contributed by atoms with E-state index in [9.17, 15) is 13.2 Å². The van der Waals surface area contributed by atoms with Gasteiger partial charge in [0.1, 0.15) is 0 Å². The SMILES string of the molecule is Cc1cccc(NC(=O)Cc2ccc(N(C)S(=O)(=O)c3ccc(Cl)cc3)cc2)c1. The molecule has 29 heavy (non-hydrogen) atoms. The Morgan fingerprint density at radius 2 is 1.66 bits per heavy atom. The van der Waals surface area contributed by atoms with E-state index in [1.807, 2.05) is 31.2 Å². The molecule has 0 fully saturated rings. The molecule has 0 saturated heterocycles. The summed E-state index contributed by atoms with van der Waals surface area (Å²) in [5, 5.41) is 3.34. The highest BCUT2D eigenvalue weighted by molar-refractivity contribution is 7.92. The first-order chi connectivity index (χ1) is 13.8. The van der Waals surface area contributed by atoms with Crippen LogP contribution in [0.2, 0.25) is 5.02 Å². The molecular formula is C22H21ClN2O3S. The average molecular weight is 429 g/mol. The number of benzene rings is 3. The van der Waals surface area contributed by atoms with E-state index in [0.717, 1.165) is 16.8 Å². The Balaban J connectivity index is 1.69. The maximum absolute atomic E-state index is 12.8. The van der Waals surface area contributed by atoms with Crippen LogP contribution in [0.3, 0.4) is 0 Å². The second-order valence-corrected chi connectivity index (χ2v) is 9.09. The molecule has 0 unspecified atom stereocenters. The van der Waals surface area contributed by atoms with Crippen molar-refractivity contribution < 1.29 is 13.2 Å². The van der Waals surface area contributed by atoms with Gasteiger partial charge in [-0.3, -0.25) is 9.10 Å². The fourth-order valence-electron chi connectivity index (χ4n) is 2.84. The predicted octanol–water partition coefficient (Wildman–Crippen LogP) is 4.65. The lowest BCUT2D eigenvalue weighted by molar-refractivity contribution is -0.115. The monoisotopic (exact) mass is 428 g/mol. The molecule has 1 amide bonds. The Labute approximate surface area is 176 Å². The normalized spacial score (nSPS) is 11.1. The van der Waals surface area contributed by atoms with Gasteiger partial charge in [-0.15, -0.1) is 0 Å². The van der Waals surface area contributed by atoms with Gasteiger partial charge in [0.05, 0.1) is 17.0 Å². The van der Waals surface area contributed by atoms with E-state index in [1.54, 1.807) is 24.3 Å². The van der Waals surface area contributed by atoms with Crippen LogP contribution < -0.4 is 9.62 Å². The van der Waals surface area contributed by atoms with E-state index in [-0.39, 0.29) is 17.2 Å². The van der Waals surface area contributed by atoms with Crippen LogP contribution in [0.25, 0.3) is 0 Å². The molecule has 0 aliphatic carbocycles. The van der Waals surface area contributed by atoms with Gasteiger partial charge in [-0.25, -0.2) is 8.42 Å². The number of aryl methyl sites for hydroxylation is 1. The summed E-state index contributed by atoms with van der Waals surface area (Å²) in [5.41, 5.74) is 3.11. The molecule has 3 rings (SSSR count). The first-order valence-corrected chi connectivity index (χ1v) is 10.8. The van der Waals surface area contributed by atoms with E-state index < -0.39 is 10.0 Å². The number of sulfonamides is 1. The van der Waals surface area contributed by atoms with Crippen LogP contribution in [0.1, 0.15) is 11.1 Å². The van der Waals surface area contributed by atoms with Crippen LogP contribution in [0.15, 0.2) is 77.7 Å². The van der Waals surface area contributed by atoms with Crippen molar-refractivity contribution in [3.8, 4) is 0 Å². The summed E-state index contributed by atoms with van der Waals surface area (Å²) >= 11 is 5.83. The lowest BCUT2D eigenvalue weighted by Crippen LogP contribution is -2.26.